The standard InChI is InChI=1S/C10H18N4O/c1-3-11-8(2)9-12-10(13-15-9)14-6-4-5-7-14/h8,11H,3-7H2,1-2H3. The Labute approximate surface area is 89.8 Å². The Kier molecular flexibility index (Phi) is 3.20. The van der Waals surface area contributed by atoms with Crippen molar-refractivity contribution in [2.45, 2.75) is 32.7 Å². The van der Waals surface area contributed by atoms with Crippen LogP contribution in [-0.4, -0.2) is 29.8 Å². The second-order valence-corrected chi connectivity index (χ2v) is 3.91. The molecule has 0 bridgehead atoms. The number of anilines is 1. The normalized spacial score (nSPS) is 18.4. The van der Waals surface area contributed by atoms with Crippen molar-refractivity contribution in [3.05, 3.63) is 5.89 Å². The number of aromatic nitrogens is 2. The Bertz CT molecular complexity index is 306. The molecule has 15 heavy (non-hydrogen) atoms. The van der Waals surface area contributed by atoms with Gasteiger partial charge in [-0.05, 0) is 31.5 Å². The number of rotatable bonds is 4. The van der Waals surface area contributed by atoms with Gasteiger partial charge in [0.2, 0.25) is 5.89 Å². The summed E-state index contributed by atoms with van der Waals surface area (Å²) >= 11 is 0. The quantitative estimate of drug-likeness (QED) is 0.812. The highest BCUT2D eigenvalue weighted by molar-refractivity contribution is 5.29. The molecule has 1 fully saturated rings. The summed E-state index contributed by atoms with van der Waals surface area (Å²) in [6, 6.07) is 0.138. The van der Waals surface area contributed by atoms with E-state index in [1.54, 1.807) is 0 Å². The minimum Gasteiger partial charge on any atom is -0.338 e. The van der Waals surface area contributed by atoms with E-state index in [2.05, 4.69) is 27.3 Å². The van der Waals surface area contributed by atoms with Crippen LogP contribution < -0.4 is 10.2 Å². The zero-order valence-electron chi connectivity index (χ0n) is 9.36. The van der Waals surface area contributed by atoms with Gasteiger partial charge in [-0.15, -0.1) is 0 Å². The molecule has 1 aromatic heterocycles. The van der Waals surface area contributed by atoms with Crippen LogP contribution in [0.15, 0.2) is 4.52 Å². The molecule has 0 aromatic carbocycles. The minimum absolute atomic E-state index is 0.138. The maximum atomic E-state index is 5.23. The topological polar surface area (TPSA) is 54.2 Å². The number of hydrogen-bond acceptors (Lipinski definition) is 5. The lowest BCUT2D eigenvalue weighted by Gasteiger charge is -2.10. The monoisotopic (exact) mass is 210 g/mol. The van der Waals surface area contributed by atoms with E-state index in [9.17, 15) is 0 Å². The third kappa shape index (κ3) is 2.28. The van der Waals surface area contributed by atoms with Crippen LogP contribution in [0.25, 0.3) is 0 Å². The molecule has 0 spiro atoms. The first kappa shape index (κ1) is 10.4. The van der Waals surface area contributed by atoms with E-state index in [0.29, 0.717) is 5.89 Å². The van der Waals surface area contributed by atoms with E-state index in [0.717, 1.165) is 25.6 Å². The average Bonchev–Trinajstić information content (AvgIpc) is 2.89. The zero-order chi connectivity index (χ0) is 10.7. The van der Waals surface area contributed by atoms with Crippen LogP contribution in [0.4, 0.5) is 5.95 Å². The van der Waals surface area contributed by atoms with Crippen LogP contribution in [-0.2, 0) is 0 Å². The maximum Gasteiger partial charge on any atom is 0.266 e. The van der Waals surface area contributed by atoms with Gasteiger partial charge in [0.25, 0.3) is 5.95 Å². The van der Waals surface area contributed by atoms with E-state index >= 15 is 0 Å². The summed E-state index contributed by atoms with van der Waals surface area (Å²) in [6.07, 6.45) is 2.46. The van der Waals surface area contributed by atoms with E-state index in [-0.39, 0.29) is 6.04 Å². The largest absolute Gasteiger partial charge is 0.338 e. The van der Waals surface area contributed by atoms with Gasteiger partial charge in [-0.1, -0.05) is 6.92 Å². The van der Waals surface area contributed by atoms with Crippen molar-refractivity contribution in [1.29, 1.82) is 0 Å². The Morgan fingerprint density at radius 3 is 2.87 bits per heavy atom. The predicted octanol–water partition coefficient (Wildman–Crippen LogP) is 1.34. The van der Waals surface area contributed by atoms with E-state index in [1.165, 1.54) is 12.8 Å². The first-order chi connectivity index (χ1) is 7.31. The first-order valence-corrected chi connectivity index (χ1v) is 5.63. The van der Waals surface area contributed by atoms with Crippen molar-refractivity contribution in [2.75, 3.05) is 24.5 Å². The van der Waals surface area contributed by atoms with Gasteiger partial charge in [-0.25, -0.2) is 0 Å². The molecule has 0 amide bonds. The predicted molar refractivity (Wildman–Crippen MR) is 57.8 cm³/mol. The number of hydrogen-bond donors (Lipinski definition) is 1. The second-order valence-electron chi connectivity index (χ2n) is 3.91. The SMILES string of the molecule is CCNC(C)c1nc(N2CCCC2)no1. The molecule has 0 saturated carbocycles. The van der Waals surface area contributed by atoms with Crippen molar-refractivity contribution in [1.82, 2.24) is 15.5 Å². The minimum atomic E-state index is 0.138. The highest BCUT2D eigenvalue weighted by Crippen LogP contribution is 2.18. The summed E-state index contributed by atoms with van der Waals surface area (Å²) in [4.78, 5) is 6.57. The maximum absolute atomic E-state index is 5.23. The molecule has 0 aliphatic carbocycles. The van der Waals surface area contributed by atoms with Gasteiger partial charge < -0.3 is 14.7 Å². The van der Waals surface area contributed by atoms with Crippen molar-refractivity contribution in [3.8, 4) is 0 Å². The molecule has 1 aliphatic rings. The summed E-state index contributed by atoms with van der Waals surface area (Å²) < 4.78 is 5.23. The summed E-state index contributed by atoms with van der Waals surface area (Å²) in [5.41, 5.74) is 0. The van der Waals surface area contributed by atoms with Crippen LogP contribution in [0.1, 0.15) is 38.6 Å². The molecule has 2 heterocycles. The molecule has 1 aliphatic heterocycles. The van der Waals surface area contributed by atoms with Crippen LogP contribution in [0.5, 0.6) is 0 Å². The van der Waals surface area contributed by atoms with E-state index in [4.69, 9.17) is 4.52 Å². The van der Waals surface area contributed by atoms with E-state index < -0.39 is 0 Å². The lowest BCUT2D eigenvalue weighted by atomic mass is 10.3. The van der Waals surface area contributed by atoms with Gasteiger partial charge in [0.15, 0.2) is 0 Å². The second kappa shape index (κ2) is 4.61. The van der Waals surface area contributed by atoms with Crippen molar-refractivity contribution >= 4 is 5.95 Å². The molecule has 5 heteroatoms. The molecule has 1 saturated heterocycles. The lowest BCUT2D eigenvalue weighted by Crippen LogP contribution is -2.20. The molecule has 1 atom stereocenters. The Balaban J connectivity index is 2.02. The van der Waals surface area contributed by atoms with Gasteiger partial charge in [0, 0.05) is 13.1 Å². The molecule has 1 unspecified atom stereocenters. The van der Waals surface area contributed by atoms with Gasteiger partial charge >= 0.3 is 0 Å². The number of nitrogens with one attached hydrogen (secondary N) is 1. The molecule has 1 N–H and O–H groups in total. The summed E-state index contributed by atoms with van der Waals surface area (Å²) in [5.74, 6) is 1.42. The Morgan fingerprint density at radius 2 is 2.20 bits per heavy atom. The highest BCUT2D eigenvalue weighted by atomic mass is 16.5. The highest BCUT2D eigenvalue weighted by Gasteiger charge is 2.19. The lowest BCUT2D eigenvalue weighted by molar-refractivity contribution is 0.341. The van der Waals surface area contributed by atoms with Crippen molar-refractivity contribution in [3.63, 3.8) is 0 Å². The third-order valence-electron chi connectivity index (χ3n) is 2.70. The molecular weight excluding hydrogens is 192 g/mol. The van der Waals surface area contributed by atoms with E-state index in [1.807, 2.05) is 6.92 Å². The Hall–Kier alpha value is -1.10. The Morgan fingerprint density at radius 1 is 1.47 bits per heavy atom. The van der Waals surface area contributed by atoms with Crippen molar-refractivity contribution in [2.24, 2.45) is 0 Å². The van der Waals surface area contributed by atoms with Crippen molar-refractivity contribution < 1.29 is 4.52 Å². The summed E-state index contributed by atoms with van der Waals surface area (Å²) in [7, 11) is 0. The van der Waals surface area contributed by atoms with Crippen LogP contribution in [0.3, 0.4) is 0 Å². The molecule has 1 aromatic rings. The van der Waals surface area contributed by atoms with Gasteiger partial charge in [-0.2, -0.15) is 4.98 Å². The fraction of sp³-hybridized carbons (Fsp3) is 0.800. The fourth-order valence-corrected chi connectivity index (χ4v) is 1.84. The number of nitrogens with zero attached hydrogens (tertiary/aromatic N) is 3. The molecular formula is C10H18N4O. The van der Waals surface area contributed by atoms with Crippen LogP contribution in [0, 0.1) is 0 Å². The smallest absolute Gasteiger partial charge is 0.266 e. The van der Waals surface area contributed by atoms with Crippen LogP contribution >= 0.6 is 0 Å². The first-order valence-electron chi connectivity index (χ1n) is 5.63. The molecule has 0 radical (unpaired) electrons. The van der Waals surface area contributed by atoms with Gasteiger partial charge in [0.05, 0.1) is 6.04 Å². The van der Waals surface area contributed by atoms with Gasteiger partial charge in [0.1, 0.15) is 0 Å². The zero-order valence-corrected chi connectivity index (χ0v) is 9.36. The molecule has 84 valence electrons. The third-order valence-corrected chi connectivity index (χ3v) is 2.70. The van der Waals surface area contributed by atoms with Crippen LogP contribution in [0.2, 0.25) is 0 Å². The summed E-state index contributed by atoms with van der Waals surface area (Å²) in [5, 5.41) is 7.25. The fourth-order valence-electron chi connectivity index (χ4n) is 1.84. The van der Waals surface area contributed by atoms with Gasteiger partial charge in [-0.3, -0.25) is 0 Å². The molecule has 5 nitrogen and oxygen atoms in total. The average molecular weight is 210 g/mol. The molecule has 2 rings (SSSR count). The summed E-state index contributed by atoms with van der Waals surface area (Å²) in [6.45, 7) is 7.10.